The molecular formula is C17H18INO2. The standard InChI is InChI=1S/C17H18INO2/c18-14-8-4-5-9-15(14)21-17(13-6-2-1-3-7-13)16-12-19-10-11-20-16/h1-9,16-17,19H,10-12H2/t16-,17+/m0/s1/i18+4. The van der Waals surface area contributed by atoms with E-state index in [-0.39, 0.29) is 12.2 Å². The van der Waals surface area contributed by atoms with Crippen LogP contribution in [0.4, 0.5) is 0 Å². The summed E-state index contributed by atoms with van der Waals surface area (Å²) in [5.74, 6) is 0.904. The van der Waals surface area contributed by atoms with E-state index in [0.717, 1.165) is 34.6 Å². The lowest BCUT2D eigenvalue weighted by Crippen LogP contribution is -2.43. The van der Waals surface area contributed by atoms with Gasteiger partial charge in [-0.25, -0.2) is 0 Å². The van der Waals surface area contributed by atoms with Crippen LogP contribution in [-0.4, -0.2) is 25.8 Å². The van der Waals surface area contributed by atoms with Gasteiger partial charge in [-0.05, 0) is 40.3 Å². The molecule has 0 aliphatic carbocycles. The van der Waals surface area contributed by atoms with Gasteiger partial charge in [0.2, 0.25) is 0 Å². The minimum atomic E-state index is -0.102. The zero-order valence-electron chi connectivity index (χ0n) is 11.7. The van der Waals surface area contributed by atoms with Gasteiger partial charge < -0.3 is 14.8 Å². The molecule has 2 aromatic rings. The van der Waals surface area contributed by atoms with Crippen LogP contribution in [0.2, 0.25) is 0 Å². The third-order valence-corrected chi connectivity index (χ3v) is 4.40. The van der Waals surface area contributed by atoms with E-state index in [4.69, 9.17) is 9.47 Å². The zero-order chi connectivity index (χ0) is 14.5. The molecular weight excluding hydrogens is 381 g/mol. The Hall–Kier alpha value is -1.11. The molecule has 21 heavy (non-hydrogen) atoms. The second-order valence-corrected chi connectivity index (χ2v) is 6.16. The summed E-state index contributed by atoms with van der Waals surface area (Å²) in [6, 6.07) is 18.4. The van der Waals surface area contributed by atoms with Crippen LogP contribution in [0.5, 0.6) is 5.75 Å². The van der Waals surface area contributed by atoms with Gasteiger partial charge in [-0.15, -0.1) is 0 Å². The Kier molecular flexibility index (Phi) is 5.11. The first-order valence-corrected chi connectivity index (χ1v) is 8.21. The van der Waals surface area contributed by atoms with Gasteiger partial charge in [-0.2, -0.15) is 0 Å². The predicted molar refractivity (Wildman–Crippen MR) is 91.6 cm³/mol. The number of ether oxygens (including phenoxy) is 2. The second-order valence-electron chi connectivity index (χ2n) is 4.99. The van der Waals surface area contributed by atoms with Gasteiger partial charge in [0.15, 0.2) is 6.10 Å². The number of morpholine rings is 1. The van der Waals surface area contributed by atoms with Crippen molar-refractivity contribution in [2.24, 2.45) is 0 Å². The Morgan fingerprint density at radius 2 is 1.86 bits per heavy atom. The summed E-state index contributed by atoms with van der Waals surface area (Å²) in [5.41, 5.74) is 1.14. The zero-order valence-corrected chi connectivity index (χ0v) is 13.8. The Morgan fingerprint density at radius 1 is 1.10 bits per heavy atom. The van der Waals surface area contributed by atoms with Crippen LogP contribution >= 0.6 is 22.6 Å². The Morgan fingerprint density at radius 3 is 2.57 bits per heavy atom. The molecule has 0 amide bonds. The van der Waals surface area contributed by atoms with Crippen molar-refractivity contribution in [3.8, 4) is 5.75 Å². The lowest BCUT2D eigenvalue weighted by atomic mass is 10.0. The molecule has 0 radical (unpaired) electrons. The maximum Gasteiger partial charge on any atom is 0.151 e. The minimum Gasteiger partial charge on any atom is -0.482 e. The summed E-state index contributed by atoms with van der Waals surface area (Å²) in [5, 5.41) is 3.38. The van der Waals surface area contributed by atoms with Crippen molar-refractivity contribution < 1.29 is 9.47 Å². The fraction of sp³-hybridized carbons (Fsp3) is 0.294. The number of para-hydroxylation sites is 1. The van der Waals surface area contributed by atoms with E-state index in [9.17, 15) is 0 Å². The van der Waals surface area contributed by atoms with Gasteiger partial charge in [0, 0.05) is 13.1 Å². The largest absolute Gasteiger partial charge is 0.482 e. The van der Waals surface area contributed by atoms with E-state index < -0.39 is 0 Å². The fourth-order valence-corrected chi connectivity index (χ4v) is 2.97. The SMILES string of the molecule is [131I]c1ccccc1O[C@H](c1ccccc1)[C@@H]1CNCCO1. The molecule has 1 aliphatic rings. The van der Waals surface area contributed by atoms with E-state index in [0.29, 0.717) is 0 Å². The molecule has 2 aromatic carbocycles. The summed E-state index contributed by atoms with van der Waals surface area (Å²) in [7, 11) is 0. The molecule has 1 aliphatic heterocycles. The number of rotatable bonds is 4. The number of benzene rings is 2. The molecule has 110 valence electrons. The van der Waals surface area contributed by atoms with Crippen LogP contribution in [0.15, 0.2) is 54.6 Å². The van der Waals surface area contributed by atoms with Crippen molar-refractivity contribution in [2.75, 3.05) is 19.7 Å². The predicted octanol–water partition coefficient (Wildman–Crippen LogP) is 3.40. The molecule has 0 unspecified atom stereocenters. The average Bonchev–Trinajstić information content (AvgIpc) is 2.56. The first-order valence-electron chi connectivity index (χ1n) is 7.13. The Labute approximate surface area is 138 Å². The molecule has 1 fully saturated rings. The van der Waals surface area contributed by atoms with Gasteiger partial charge in [0.05, 0.1) is 10.2 Å². The molecule has 1 N–H and O–H groups in total. The van der Waals surface area contributed by atoms with Gasteiger partial charge in [0.1, 0.15) is 11.9 Å². The molecule has 4 heteroatoms. The van der Waals surface area contributed by atoms with Crippen molar-refractivity contribution >= 4 is 22.6 Å². The third-order valence-electron chi connectivity index (χ3n) is 3.51. The monoisotopic (exact) mass is 399 g/mol. The first-order chi connectivity index (χ1) is 10.3. The summed E-state index contributed by atoms with van der Waals surface area (Å²) < 4.78 is 13.3. The van der Waals surface area contributed by atoms with E-state index in [1.807, 2.05) is 36.4 Å². The van der Waals surface area contributed by atoms with Crippen LogP contribution in [-0.2, 0) is 4.74 Å². The van der Waals surface area contributed by atoms with Crippen molar-refractivity contribution in [3.05, 3.63) is 63.7 Å². The molecule has 0 spiro atoms. The third kappa shape index (κ3) is 3.75. The number of hydrogen-bond donors (Lipinski definition) is 1. The molecule has 0 aromatic heterocycles. The molecule has 1 saturated heterocycles. The second kappa shape index (κ2) is 7.24. The van der Waals surface area contributed by atoms with Crippen molar-refractivity contribution in [1.82, 2.24) is 5.32 Å². The van der Waals surface area contributed by atoms with E-state index in [1.165, 1.54) is 0 Å². The van der Waals surface area contributed by atoms with Gasteiger partial charge in [0.25, 0.3) is 0 Å². The average molecular weight is 399 g/mol. The highest BCUT2D eigenvalue weighted by molar-refractivity contribution is 14.1. The normalized spacial score (nSPS) is 20.0. The van der Waals surface area contributed by atoms with Crippen LogP contribution in [0.1, 0.15) is 11.7 Å². The van der Waals surface area contributed by atoms with Crippen molar-refractivity contribution in [3.63, 3.8) is 0 Å². The smallest absolute Gasteiger partial charge is 0.151 e. The summed E-state index contributed by atoms with van der Waals surface area (Å²) >= 11 is 2.30. The molecule has 0 bridgehead atoms. The lowest BCUT2D eigenvalue weighted by Gasteiger charge is -2.31. The van der Waals surface area contributed by atoms with E-state index in [2.05, 4.69) is 46.1 Å². The van der Waals surface area contributed by atoms with Gasteiger partial charge >= 0.3 is 0 Å². The molecule has 3 nitrogen and oxygen atoms in total. The quantitative estimate of drug-likeness (QED) is 0.800. The van der Waals surface area contributed by atoms with Gasteiger partial charge in [-0.1, -0.05) is 42.5 Å². The molecule has 2 atom stereocenters. The first kappa shape index (κ1) is 14.8. The van der Waals surface area contributed by atoms with Crippen LogP contribution in [0.3, 0.4) is 0 Å². The van der Waals surface area contributed by atoms with Crippen molar-refractivity contribution in [1.29, 1.82) is 0 Å². The van der Waals surface area contributed by atoms with Crippen LogP contribution in [0.25, 0.3) is 0 Å². The van der Waals surface area contributed by atoms with E-state index in [1.54, 1.807) is 0 Å². The Bertz CT molecular complexity index is 570. The molecule has 3 rings (SSSR count). The summed E-state index contributed by atoms with van der Waals surface area (Å²) in [6.45, 7) is 2.44. The highest BCUT2D eigenvalue weighted by Gasteiger charge is 2.28. The Balaban J connectivity index is 1.87. The number of hydrogen-bond acceptors (Lipinski definition) is 3. The molecule has 1 heterocycles. The maximum atomic E-state index is 6.30. The summed E-state index contributed by atoms with van der Waals surface area (Å²) in [4.78, 5) is 0. The van der Waals surface area contributed by atoms with Crippen molar-refractivity contribution in [2.45, 2.75) is 12.2 Å². The van der Waals surface area contributed by atoms with E-state index >= 15 is 0 Å². The highest BCUT2D eigenvalue weighted by Crippen LogP contribution is 2.30. The topological polar surface area (TPSA) is 30.5 Å². The highest BCUT2D eigenvalue weighted by atomic mass is 131. The fourth-order valence-electron chi connectivity index (χ4n) is 2.46. The minimum absolute atomic E-state index is 0.0251. The van der Waals surface area contributed by atoms with Gasteiger partial charge in [-0.3, -0.25) is 0 Å². The number of halogens is 1. The lowest BCUT2D eigenvalue weighted by molar-refractivity contribution is -0.0435. The molecule has 0 saturated carbocycles. The van der Waals surface area contributed by atoms with Crippen LogP contribution < -0.4 is 10.1 Å². The number of nitrogens with one attached hydrogen (secondary N) is 1. The maximum absolute atomic E-state index is 6.30. The van der Waals surface area contributed by atoms with Crippen LogP contribution in [0, 0.1) is 3.57 Å². The summed E-state index contributed by atoms with van der Waals surface area (Å²) in [6.07, 6.45) is -0.0768.